The molecule has 0 spiro atoms. The van der Waals surface area contributed by atoms with E-state index in [1.54, 1.807) is 0 Å². The minimum Gasteiger partial charge on any atom is -0.484 e. The van der Waals surface area contributed by atoms with Gasteiger partial charge in [0, 0.05) is 24.7 Å². The lowest BCUT2D eigenvalue weighted by Gasteiger charge is -2.39. The van der Waals surface area contributed by atoms with Gasteiger partial charge in [-0.15, -0.1) is 0 Å². The van der Waals surface area contributed by atoms with E-state index in [1.807, 2.05) is 0 Å². The Morgan fingerprint density at radius 3 is 2.66 bits per heavy atom. The molecular weight excluding hydrogens is 456 g/mol. The fraction of sp³-hybridized carbons (Fsp3) is 0.600. The van der Waals surface area contributed by atoms with Crippen LogP contribution in [-0.4, -0.2) is 60.3 Å². The van der Waals surface area contributed by atoms with Crippen LogP contribution in [0, 0.1) is 11.7 Å². The molecule has 1 saturated heterocycles. The Bertz CT molecular complexity index is 909. The standard InChI is InChI=1S/C20H23ClF4N4O3/c1-29-16(20(23,24)25)5-14(28-29)18(31)27-19-6-10(7-19)15(8-19)26-17(30)9-32-11-2-3-12(21)13(22)4-11/h2-4,10,14-16,28H,5-9H2,1H3,(H,26,30)(H,27,31)/t10?,14?,15-,16?,19?/m0/s1. The van der Waals surface area contributed by atoms with Gasteiger partial charge in [-0.2, -0.15) is 13.2 Å². The van der Waals surface area contributed by atoms with E-state index < -0.39 is 35.5 Å². The molecule has 3 atom stereocenters. The summed E-state index contributed by atoms with van der Waals surface area (Å²) in [5.41, 5.74) is 2.06. The van der Waals surface area contributed by atoms with E-state index in [0.29, 0.717) is 19.3 Å². The molecule has 5 rings (SSSR count). The van der Waals surface area contributed by atoms with E-state index in [0.717, 1.165) is 11.1 Å². The minimum atomic E-state index is -4.42. The van der Waals surface area contributed by atoms with Gasteiger partial charge in [0.2, 0.25) is 5.91 Å². The lowest BCUT2D eigenvalue weighted by atomic mass is 9.76. The molecule has 3 N–H and O–H groups in total. The molecule has 12 heteroatoms. The third-order valence-corrected chi connectivity index (χ3v) is 6.77. The monoisotopic (exact) mass is 478 g/mol. The van der Waals surface area contributed by atoms with Gasteiger partial charge in [0.25, 0.3) is 5.91 Å². The summed E-state index contributed by atoms with van der Waals surface area (Å²) in [6.07, 6.45) is -2.97. The van der Waals surface area contributed by atoms with Gasteiger partial charge in [0.15, 0.2) is 6.61 Å². The molecule has 1 aromatic rings. The van der Waals surface area contributed by atoms with Gasteiger partial charge in [-0.3, -0.25) is 9.59 Å². The second-order valence-electron chi connectivity index (χ2n) is 8.77. The Morgan fingerprint density at radius 2 is 2.03 bits per heavy atom. The number of amides is 2. The zero-order valence-electron chi connectivity index (χ0n) is 17.1. The molecule has 4 fully saturated rings. The maximum atomic E-state index is 13.4. The first-order valence-electron chi connectivity index (χ1n) is 10.2. The molecule has 2 unspecified atom stereocenters. The van der Waals surface area contributed by atoms with Crippen molar-refractivity contribution in [3.63, 3.8) is 0 Å². The van der Waals surface area contributed by atoms with Gasteiger partial charge in [-0.1, -0.05) is 11.6 Å². The number of benzene rings is 1. The van der Waals surface area contributed by atoms with Crippen molar-refractivity contribution in [2.24, 2.45) is 5.92 Å². The molecule has 32 heavy (non-hydrogen) atoms. The van der Waals surface area contributed by atoms with E-state index >= 15 is 0 Å². The van der Waals surface area contributed by atoms with E-state index in [2.05, 4.69) is 16.1 Å². The highest BCUT2D eigenvalue weighted by atomic mass is 35.5. The molecular formula is C20H23ClF4N4O3. The van der Waals surface area contributed by atoms with Crippen LogP contribution >= 0.6 is 11.6 Å². The van der Waals surface area contributed by atoms with Gasteiger partial charge in [-0.25, -0.2) is 14.8 Å². The lowest BCUT2D eigenvalue weighted by Crippen LogP contribution is -2.56. The molecule has 0 aromatic heterocycles. The summed E-state index contributed by atoms with van der Waals surface area (Å²) in [4.78, 5) is 24.8. The van der Waals surface area contributed by atoms with Crippen molar-refractivity contribution in [3.8, 4) is 5.75 Å². The Kier molecular flexibility index (Phi) is 6.01. The smallest absolute Gasteiger partial charge is 0.405 e. The van der Waals surface area contributed by atoms with Gasteiger partial charge >= 0.3 is 6.18 Å². The molecule has 1 aromatic carbocycles. The van der Waals surface area contributed by atoms with Crippen LogP contribution in [0.25, 0.3) is 0 Å². The first-order chi connectivity index (χ1) is 15.0. The summed E-state index contributed by atoms with van der Waals surface area (Å²) in [6, 6.07) is 1.03. The van der Waals surface area contributed by atoms with Gasteiger partial charge in [0.05, 0.1) is 5.02 Å². The number of nitrogens with one attached hydrogen (secondary N) is 3. The first-order valence-corrected chi connectivity index (χ1v) is 10.6. The number of alkyl halides is 3. The SMILES string of the molecule is CN1NC(C(=O)NC23CC(C2)[C@@H](NC(=O)COc2ccc(Cl)c(F)c2)C3)CC1C(F)(F)F. The number of carbonyl (C=O) groups excluding carboxylic acids is 2. The Labute approximate surface area is 186 Å². The molecule has 4 aliphatic rings. The van der Waals surface area contributed by atoms with Crippen molar-refractivity contribution in [1.29, 1.82) is 0 Å². The van der Waals surface area contributed by atoms with Crippen LogP contribution in [0.3, 0.4) is 0 Å². The number of hydrazine groups is 1. The molecule has 2 amide bonds. The van der Waals surface area contributed by atoms with Gasteiger partial charge < -0.3 is 15.4 Å². The number of ether oxygens (including phenoxy) is 1. The van der Waals surface area contributed by atoms with E-state index in [1.165, 1.54) is 19.2 Å². The number of hydrogen-bond acceptors (Lipinski definition) is 5. The Morgan fingerprint density at radius 1 is 1.31 bits per heavy atom. The zero-order chi connectivity index (χ0) is 23.3. The fourth-order valence-corrected chi connectivity index (χ4v) is 5.02. The van der Waals surface area contributed by atoms with Crippen molar-refractivity contribution in [2.75, 3.05) is 13.7 Å². The average molecular weight is 479 g/mol. The van der Waals surface area contributed by atoms with Crippen molar-refractivity contribution < 1.29 is 31.9 Å². The highest BCUT2D eigenvalue weighted by molar-refractivity contribution is 6.30. The van der Waals surface area contributed by atoms with Crippen LogP contribution in [0.4, 0.5) is 17.6 Å². The van der Waals surface area contributed by atoms with E-state index in [9.17, 15) is 27.2 Å². The number of hydrogen-bond donors (Lipinski definition) is 3. The number of halogens is 5. The molecule has 1 aliphatic heterocycles. The summed E-state index contributed by atoms with van der Waals surface area (Å²) in [5.74, 6) is -1.15. The minimum absolute atomic E-state index is 0.0479. The predicted octanol–water partition coefficient (Wildman–Crippen LogP) is 2.15. The van der Waals surface area contributed by atoms with Crippen molar-refractivity contribution in [3.05, 3.63) is 29.0 Å². The normalized spacial score (nSPS) is 31.8. The third kappa shape index (κ3) is 4.65. The van der Waals surface area contributed by atoms with Gasteiger partial charge in [-0.05, 0) is 43.7 Å². The largest absolute Gasteiger partial charge is 0.484 e. The van der Waals surface area contributed by atoms with Crippen LogP contribution < -0.4 is 20.8 Å². The number of nitrogens with zero attached hydrogens (tertiary/aromatic N) is 1. The Hall–Kier alpha value is -2.11. The molecule has 7 nitrogen and oxygen atoms in total. The van der Waals surface area contributed by atoms with E-state index in [-0.39, 0.29) is 41.7 Å². The van der Waals surface area contributed by atoms with Crippen LogP contribution in [0.15, 0.2) is 18.2 Å². The average Bonchev–Trinajstić information content (AvgIpc) is 3.32. The predicted molar refractivity (Wildman–Crippen MR) is 106 cm³/mol. The summed E-state index contributed by atoms with van der Waals surface area (Å²) in [6.45, 7) is -0.305. The van der Waals surface area contributed by atoms with Crippen LogP contribution in [-0.2, 0) is 9.59 Å². The maximum Gasteiger partial charge on any atom is 0.405 e. The van der Waals surface area contributed by atoms with Gasteiger partial charge in [0.1, 0.15) is 23.7 Å². The number of fused-ring (bicyclic) bond motifs is 1. The summed E-state index contributed by atoms with van der Waals surface area (Å²) < 4.78 is 57.8. The Balaban J connectivity index is 1.25. The van der Waals surface area contributed by atoms with Crippen LogP contribution in [0.2, 0.25) is 5.02 Å². The summed E-state index contributed by atoms with van der Waals surface area (Å²) in [7, 11) is 1.27. The highest BCUT2D eigenvalue weighted by Gasteiger charge is 2.58. The third-order valence-electron chi connectivity index (χ3n) is 6.46. The second-order valence-corrected chi connectivity index (χ2v) is 9.17. The van der Waals surface area contributed by atoms with Crippen molar-refractivity contribution in [2.45, 2.75) is 55.5 Å². The summed E-state index contributed by atoms with van der Waals surface area (Å²) in [5, 5.41) is 6.63. The fourth-order valence-electron chi connectivity index (χ4n) is 4.91. The quantitative estimate of drug-likeness (QED) is 0.546. The molecule has 1 heterocycles. The molecule has 0 radical (unpaired) electrons. The highest BCUT2D eigenvalue weighted by Crippen LogP contribution is 2.52. The van der Waals surface area contributed by atoms with Crippen molar-refractivity contribution >= 4 is 23.4 Å². The number of carbonyl (C=O) groups is 2. The van der Waals surface area contributed by atoms with Crippen molar-refractivity contribution in [1.82, 2.24) is 21.1 Å². The zero-order valence-corrected chi connectivity index (χ0v) is 17.9. The number of rotatable bonds is 6. The second kappa shape index (κ2) is 8.35. The molecule has 176 valence electrons. The summed E-state index contributed by atoms with van der Waals surface area (Å²) >= 11 is 5.61. The topological polar surface area (TPSA) is 82.7 Å². The maximum absolute atomic E-state index is 13.4. The molecule has 3 saturated carbocycles. The molecule has 3 aliphatic carbocycles. The molecule has 2 bridgehead atoms. The lowest BCUT2D eigenvalue weighted by molar-refractivity contribution is -0.176. The van der Waals surface area contributed by atoms with Crippen LogP contribution in [0.5, 0.6) is 5.75 Å². The van der Waals surface area contributed by atoms with E-state index in [4.69, 9.17) is 16.3 Å². The first kappa shape index (κ1) is 23.1. The van der Waals surface area contributed by atoms with Crippen LogP contribution in [0.1, 0.15) is 25.7 Å².